The van der Waals surface area contributed by atoms with Crippen molar-refractivity contribution in [1.82, 2.24) is 0 Å². The highest BCUT2D eigenvalue weighted by Gasteiger charge is 2.59. The summed E-state index contributed by atoms with van der Waals surface area (Å²) in [5.41, 5.74) is 4.03. The van der Waals surface area contributed by atoms with E-state index in [1.54, 1.807) is 0 Å². The van der Waals surface area contributed by atoms with E-state index < -0.39 is 0 Å². The summed E-state index contributed by atoms with van der Waals surface area (Å²) in [6, 6.07) is 8.94. The molecule has 148 valence electrons. The van der Waals surface area contributed by atoms with Crippen molar-refractivity contribution in [2.45, 2.75) is 63.9 Å². The van der Waals surface area contributed by atoms with Crippen LogP contribution in [0.2, 0.25) is 0 Å². The summed E-state index contributed by atoms with van der Waals surface area (Å²) in [4.78, 5) is 12.1. The van der Waals surface area contributed by atoms with Gasteiger partial charge in [0.05, 0.1) is 6.10 Å². The number of rotatable bonds is 2. The standard InChI is InChI=1S/C26H32O2/c1-3-16-4-6-17(7-5-16)22-15-26(2)23(12-13-24(26)28)21-10-8-18-14-19(27)9-11-20(18)25(21)22/h3-7,14,20-25,28H,1,8-13,15H2,2H3/t20-,21-,22+,23-,24-,25+,26-/m0/s1. The monoisotopic (exact) mass is 376 g/mol. The molecule has 1 N–H and O–H groups in total. The molecule has 0 aromatic heterocycles. The predicted octanol–water partition coefficient (Wildman–Crippen LogP) is 5.53. The van der Waals surface area contributed by atoms with Crippen LogP contribution in [0.15, 0.2) is 42.5 Å². The molecule has 0 aliphatic heterocycles. The smallest absolute Gasteiger partial charge is 0.155 e. The Labute approximate surface area is 168 Å². The number of carbonyl (C=O) groups is 1. The van der Waals surface area contributed by atoms with Gasteiger partial charge in [-0.15, -0.1) is 0 Å². The topological polar surface area (TPSA) is 37.3 Å². The average molecular weight is 377 g/mol. The zero-order valence-electron chi connectivity index (χ0n) is 16.9. The van der Waals surface area contributed by atoms with Crippen LogP contribution in [-0.2, 0) is 4.79 Å². The highest BCUT2D eigenvalue weighted by Crippen LogP contribution is 2.65. The van der Waals surface area contributed by atoms with Crippen molar-refractivity contribution in [3.63, 3.8) is 0 Å². The molecule has 3 saturated carbocycles. The Kier molecular flexibility index (Phi) is 4.39. The van der Waals surface area contributed by atoms with E-state index in [2.05, 4.69) is 37.8 Å². The number of aliphatic hydroxyl groups excluding tert-OH is 1. The van der Waals surface area contributed by atoms with Crippen LogP contribution < -0.4 is 0 Å². The summed E-state index contributed by atoms with van der Waals surface area (Å²) in [7, 11) is 0. The van der Waals surface area contributed by atoms with Crippen LogP contribution in [0.3, 0.4) is 0 Å². The summed E-state index contributed by atoms with van der Waals surface area (Å²) in [5, 5.41) is 10.9. The number of aliphatic hydroxyl groups is 1. The second-order valence-electron chi connectivity index (χ2n) is 10.00. The summed E-state index contributed by atoms with van der Waals surface area (Å²) in [6.07, 6.45) is 10.9. The van der Waals surface area contributed by atoms with E-state index >= 15 is 0 Å². The molecule has 0 amide bonds. The highest BCUT2D eigenvalue weighted by atomic mass is 16.3. The van der Waals surface area contributed by atoms with Gasteiger partial charge >= 0.3 is 0 Å². The molecule has 3 fully saturated rings. The van der Waals surface area contributed by atoms with E-state index in [4.69, 9.17) is 0 Å². The minimum absolute atomic E-state index is 0.0364. The van der Waals surface area contributed by atoms with Gasteiger partial charge in [0.15, 0.2) is 5.78 Å². The summed E-state index contributed by atoms with van der Waals surface area (Å²) < 4.78 is 0. The summed E-state index contributed by atoms with van der Waals surface area (Å²) in [5.74, 6) is 3.29. The Balaban J connectivity index is 1.58. The lowest BCUT2D eigenvalue weighted by Gasteiger charge is -2.57. The van der Waals surface area contributed by atoms with Gasteiger partial charge < -0.3 is 5.11 Å². The van der Waals surface area contributed by atoms with Crippen LogP contribution in [0.4, 0.5) is 0 Å². The Hall–Kier alpha value is -1.67. The van der Waals surface area contributed by atoms with Crippen LogP contribution in [0.25, 0.3) is 6.08 Å². The van der Waals surface area contributed by atoms with Crippen LogP contribution in [-0.4, -0.2) is 17.0 Å². The molecule has 2 heteroatoms. The van der Waals surface area contributed by atoms with Crippen molar-refractivity contribution in [3.8, 4) is 0 Å². The van der Waals surface area contributed by atoms with E-state index in [1.165, 1.54) is 24.0 Å². The average Bonchev–Trinajstić information content (AvgIpc) is 3.01. The Morgan fingerprint density at radius 3 is 2.61 bits per heavy atom. The number of carbonyl (C=O) groups excluding carboxylic acids is 1. The van der Waals surface area contributed by atoms with E-state index in [9.17, 15) is 9.90 Å². The van der Waals surface area contributed by atoms with Crippen molar-refractivity contribution < 1.29 is 9.90 Å². The van der Waals surface area contributed by atoms with Crippen LogP contribution in [0.1, 0.15) is 68.9 Å². The third-order valence-corrected chi connectivity index (χ3v) is 8.85. The number of benzene rings is 1. The molecule has 0 unspecified atom stereocenters. The lowest BCUT2D eigenvalue weighted by molar-refractivity contribution is -0.116. The SMILES string of the molecule is C=Cc1ccc([C@H]2C[C@]3(C)[C@@H](O)CC[C@H]3[C@@H]3CCC4=CC(=O)CC[C@@H]4[C@H]32)cc1. The van der Waals surface area contributed by atoms with Crippen LogP contribution in [0, 0.1) is 29.1 Å². The van der Waals surface area contributed by atoms with Gasteiger partial charge in [-0.25, -0.2) is 0 Å². The first kappa shape index (κ1) is 18.4. The van der Waals surface area contributed by atoms with Gasteiger partial charge in [0, 0.05) is 6.42 Å². The molecular weight excluding hydrogens is 344 g/mol. The first-order valence-electron chi connectivity index (χ1n) is 11.1. The largest absolute Gasteiger partial charge is 0.393 e. The molecule has 0 spiro atoms. The van der Waals surface area contributed by atoms with Crippen molar-refractivity contribution in [2.24, 2.45) is 29.1 Å². The van der Waals surface area contributed by atoms with Gasteiger partial charge in [-0.2, -0.15) is 0 Å². The van der Waals surface area contributed by atoms with E-state index in [1.807, 2.05) is 12.2 Å². The van der Waals surface area contributed by atoms with Gasteiger partial charge in [0.25, 0.3) is 0 Å². The fraction of sp³-hybridized carbons (Fsp3) is 0.577. The lowest BCUT2D eigenvalue weighted by atomic mass is 9.48. The summed E-state index contributed by atoms with van der Waals surface area (Å²) >= 11 is 0. The second kappa shape index (κ2) is 6.69. The molecule has 28 heavy (non-hydrogen) atoms. The van der Waals surface area contributed by atoms with Crippen molar-refractivity contribution in [3.05, 3.63) is 53.6 Å². The van der Waals surface area contributed by atoms with E-state index in [0.717, 1.165) is 31.2 Å². The molecule has 4 aliphatic rings. The fourth-order valence-corrected chi connectivity index (χ4v) is 7.50. The molecule has 0 saturated heterocycles. The van der Waals surface area contributed by atoms with Gasteiger partial charge in [0.2, 0.25) is 0 Å². The second-order valence-corrected chi connectivity index (χ2v) is 10.00. The number of hydrogen-bond donors (Lipinski definition) is 1. The molecule has 0 heterocycles. The maximum atomic E-state index is 12.1. The van der Waals surface area contributed by atoms with Gasteiger partial charge in [-0.3, -0.25) is 4.79 Å². The zero-order valence-corrected chi connectivity index (χ0v) is 16.9. The molecule has 1 aromatic carbocycles. The third-order valence-electron chi connectivity index (χ3n) is 8.85. The minimum Gasteiger partial charge on any atom is -0.393 e. The van der Waals surface area contributed by atoms with Crippen LogP contribution >= 0.6 is 0 Å². The normalized spacial score (nSPS) is 42.2. The highest BCUT2D eigenvalue weighted by molar-refractivity contribution is 5.91. The van der Waals surface area contributed by atoms with Gasteiger partial charge in [0.1, 0.15) is 0 Å². The van der Waals surface area contributed by atoms with Crippen molar-refractivity contribution >= 4 is 11.9 Å². The van der Waals surface area contributed by atoms with E-state index in [0.29, 0.717) is 41.8 Å². The number of fused-ring (bicyclic) bond motifs is 5. The molecule has 0 radical (unpaired) electrons. The number of hydrogen-bond acceptors (Lipinski definition) is 2. The maximum absolute atomic E-state index is 12.1. The molecule has 0 bridgehead atoms. The first-order chi connectivity index (χ1) is 13.5. The molecule has 2 nitrogen and oxygen atoms in total. The Morgan fingerprint density at radius 1 is 1.07 bits per heavy atom. The summed E-state index contributed by atoms with van der Waals surface area (Å²) in [6.45, 7) is 6.25. The molecule has 5 rings (SSSR count). The fourth-order valence-electron chi connectivity index (χ4n) is 7.50. The predicted molar refractivity (Wildman–Crippen MR) is 113 cm³/mol. The van der Waals surface area contributed by atoms with Crippen molar-refractivity contribution in [1.29, 1.82) is 0 Å². The van der Waals surface area contributed by atoms with Crippen molar-refractivity contribution in [2.75, 3.05) is 0 Å². The molecule has 4 aliphatic carbocycles. The Morgan fingerprint density at radius 2 is 1.86 bits per heavy atom. The molecule has 7 atom stereocenters. The maximum Gasteiger partial charge on any atom is 0.155 e. The number of allylic oxidation sites excluding steroid dienone is 1. The van der Waals surface area contributed by atoms with Gasteiger partial charge in [-0.05, 0) is 90.7 Å². The van der Waals surface area contributed by atoms with E-state index in [-0.39, 0.29) is 11.5 Å². The lowest BCUT2D eigenvalue weighted by Crippen LogP contribution is -2.50. The van der Waals surface area contributed by atoms with Gasteiger partial charge in [-0.1, -0.05) is 49.4 Å². The minimum atomic E-state index is -0.168. The third kappa shape index (κ3) is 2.68. The quantitative estimate of drug-likeness (QED) is 0.737. The number of ketones is 1. The Bertz CT molecular complexity index is 819. The van der Waals surface area contributed by atoms with Crippen LogP contribution in [0.5, 0.6) is 0 Å². The molecule has 1 aromatic rings. The molecular formula is C26H32O2. The first-order valence-corrected chi connectivity index (χ1v) is 11.1. The zero-order chi connectivity index (χ0) is 19.5.